The molecule has 6 heteroatoms. The molecule has 0 bridgehead atoms. The van der Waals surface area contributed by atoms with Crippen molar-refractivity contribution >= 4 is 39.1 Å². The molecular weight excluding hydrogens is 349 g/mol. The number of amides is 1. The first-order valence-electron chi connectivity index (χ1n) is 5.60. The average molecular weight is 359 g/mol. The quantitative estimate of drug-likeness (QED) is 0.877. The van der Waals surface area contributed by atoms with Gasteiger partial charge in [0.05, 0.1) is 12.7 Å². The molecular formula is C14H10BrClFNO2. The van der Waals surface area contributed by atoms with Gasteiger partial charge in [-0.3, -0.25) is 4.79 Å². The molecule has 3 nitrogen and oxygen atoms in total. The number of halogens is 3. The fourth-order valence-electron chi connectivity index (χ4n) is 1.63. The van der Waals surface area contributed by atoms with Crippen LogP contribution in [0.4, 0.5) is 10.1 Å². The van der Waals surface area contributed by atoms with Crippen LogP contribution in [0, 0.1) is 5.82 Å². The van der Waals surface area contributed by atoms with E-state index in [-0.39, 0.29) is 10.7 Å². The molecule has 0 aliphatic heterocycles. The summed E-state index contributed by atoms with van der Waals surface area (Å²) >= 11 is 9.02. The first kappa shape index (κ1) is 14.8. The Morgan fingerprint density at radius 3 is 2.70 bits per heavy atom. The van der Waals surface area contributed by atoms with Gasteiger partial charge >= 0.3 is 0 Å². The van der Waals surface area contributed by atoms with E-state index in [1.54, 1.807) is 18.2 Å². The van der Waals surface area contributed by atoms with Crippen molar-refractivity contribution in [3.63, 3.8) is 0 Å². The van der Waals surface area contributed by atoms with Crippen molar-refractivity contribution < 1.29 is 13.9 Å². The number of anilines is 1. The van der Waals surface area contributed by atoms with E-state index in [0.29, 0.717) is 15.8 Å². The molecule has 0 saturated carbocycles. The van der Waals surface area contributed by atoms with Crippen LogP contribution >= 0.6 is 27.5 Å². The lowest BCUT2D eigenvalue weighted by Gasteiger charge is -2.09. The van der Waals surface area contributed by atoms with Crippen LogP contribution in [0.2, 0.25) is 5.02 Å². The monoisotopic (exact) mass is 357 g/mol. The molecule has 1 amide bonds. The van der Waals surface area contributed by atoms with Crippen molar-refractivity contribution in [3.8, 4) is 5.75 Å². The fraction of sp³-hybridized carbons (Fsp3) is 0.0714. The van der Waals surface area contributed by atoms with E-state index in [4.69, 9.17) is 16.3 Å². The van der Waals surface area contributed by atoms with Gasteiger partial charge in [-0.2, -0.15) is 0 Å². The SMILES string of the molecule is COc1ccc(Br)c(C(=O)Nc2cc(F)cc(Cl)c2)c1. The minimum atomic E-state index is -0.516. The zero-order valence-corrected chi connectivity index (χ0v) is 12.8. The first-order chi connectivity index (χ1) is 9.49. The number of hydrogen-bond donors (Lipinski definition) is 1. The molecule has 0 unspecified atom stereocenters. The Kier molecular flexibility index (Phi) is 4.62. The lowest BCUT2D eigenvalue weighted by Crippen LogP contribution is -2.13. The van der Waals surface area contributed by atoms with Crippen molar-refractivity contribution in [2.45, 2.75) is 0 Å². The molecule has 2 rings (SSSR count). The Hall–Kier alpha value is -1.59. The largest absolute Gasteiger partial charge is 0.497 e. The van der Waals surface area contributed by atoms with E-state index in [1.807, 2.05) is 0 Å². The van der Waals surface area contributed by atoms with Crippen LogP contribution in [0.1, 0.15) is 10.4 Å². The summed E-state index contributed by atoms with van der Waals surface area (Å²) in [5.41, 5.74) is 0.666. The minimum Gasteiger partial charge on any atom is -0.497 e. The maximum atomic E-state index is 13.2. The highest BCUT2D eigenvalue weighted by molar-refractivity contribution is 9.10. The zero-order chi connectivity index (χ0) is 14.7. The van der Waals surface area contributed by atoms with E-state index in [0.717, 1.165) is 0 Å². The maximum absolute atomic E-state index is 13.2. The topological polar surface area (TPSA) is 38.3 Å². The number of hydrogen-bond acceptors (Lipinski definition) is 2. The van der Waals surface area contributed by atoms with Crippen LogP contribution < -0.4 is 10.1 Å². The number of carbonyl (C=O) groups is 1. The Labute approximate surface area is 128 Å². The Balaban J connectivity index is 2.27. The number of rotatable bonds is 3. The van der Waals surface area contributed by atoms with E-state index in [2.05, 4.69) is 21.2 Å². The van der Waals surface area contributed by atoms with Gasteiger partial charge in [0.1, 0.15) is 11.6 Å². The number of benzene rings is 2. The van der Waals surface area contributed by atoms with Crippen LogP contribution in [0.25, 0.3) is 0 Å². The molecule has 2 aromatic rings. The maximum Gasteiger partial charge on any atom is 0.256 e. The standard InChI is InChI=1S/C14H10BrClFNO2/c1-20-11-2-3-13(15)12(7-11)14(19)18-10-5-8(16)4-9(17)6-10/h2-7H,1H3,(H,18,19). The van der Waals surface area contributed by atoms with Gasteiger partial charge in [-0.15, -0.1) is 0 Å². The minimum absolute atomic E-state index is 0.213. The highest BCUT2D eigenvalue weighted by atomic mass is 79.9. The summed E-state index contributed by atoms with van der Waals surface area (Å²) in [5, 5.41) is 2.80. The molecule has 1 N–H and O–H groups in total. The second kappa shape index (κ2) is 6.24. The van der Waals surface area contributed by atoms with Crippen molar-refractivity contribution in [3.05, 3.63) is 57.3 Å². The molecule has 0 aliphatic carbocycles. The van der Waals surface area contributed by atoms with Gasteiger partial charge in [-0.25, -0.2) is 4.39 Å². The second-order valence-corrected chi connectivity index (χ2v) is 5.25. The van der Waals surface area contributed by atoms with Crippen LogP contribution in [0.15, 0.2) is 40.9 Å². The number of nitrogens with one attached hydrogen (secondary N) is 1. The van der Waals surface area contributed by atoms with E-state index in [1.165, 1.54) is 25.3 Å². The normalized spacial score (nSPS) is 10.2. The summed E-state index contributed by atoms with van der Waals surface area (Å²) in [7, 11) is 1.51. The number of ether oxygens (including phenoxy) is 1. The summed E-state index contributed by atoms with van der Waals surface area (Å²) in [6, 6.07) is 8.83. The van der Waals surface area contributed by atoms with Gasteiger partial charge in [-0.05, 0) is 52.3 Å². The Morgan fingerprint density at radius 1 is 1.30 bits per heavy atom. The van der Waals surface area contributed by atoms with Gasteiger partial charge in [-0.1, -0.05) is 11.6 Å². The summed E-state index contributed by atoms with van der Waals surface area (Å²) in [4.78, 5) is 12.2. The molecule has 20 heavy (non-hydrogen) atoms. The zero-order valence-electron chi connectivity index (χ0n) is 10.4. The van der Waals surface area contributed by atoms with Crippen molar-refractivity contribution in [2.75, 3.05) is 12.4 Å². The summed E-state index contributed by atoms with van der Waals surface area (Å²) in [6.07, 6.45) is 0. The third-order valence-corrected chi connectivity index (χ3v) is 3.45. The summed E-state index contributed by atoms with van der Waals surface area (Å²) in [5.74, 6) is -0.356. The van der Waals surface area contributed by atoms with E-state index < -0.39 is 11.7 Å². The lowest BCUT2D eigenvalue weighted by molar-refractivity contribution is 0.102. The number of carbonyl (C=O) groups excluding carboxylic acids is 1. The molecule has 0 saturated heterocycles. The van der Waals surface area contributed by atoms with E-state index in [9.17, 15) is 9.18 Å². The third kappa shape index (κ3) is 3.49. The third-order valence-electron chi connectivity index (χ3n) is 2.54. The molecule has 0 radical (unpaired) electrons. The summed E-state index contributed by atoms with van der Waals surface area (Å²) in [6.45, 7) is 0. The average Bonchev–Trinajstić information content (AvgIpc) is 2.37. The van der Waals surface area contributed by atoms with Crippen molar-refractivity contribution in [1.29, 1.82) is 0 Å². The molecule has 0 aliphatic rings. The van der Waals surface area contributed by atoms with Crippen LogP contribution in [-0.4, -0.2) is 13.0 Å². The van der Waals surface area contributed by atoms with Gasteiger partial charge in [0.15, 0.2) is 0 Å². The lowest BCUT2D eigenvalue weighted by atomic mass is 10.2. The highest BCUT2D eigenvalue weighted by Gasteiger charge is 2.12. The van der Waals surface area contributed by atoms with Crippen molar-refractivity contribution in [2.24, 2.45) is 0 Å². The Morgan fingerprint density at radius 2 is 2.05 bits per heavy atom. The summed E-state index contributed by atoms with van der Waals surface area (Å²) < 4.78 is 18.9. The predicted molar refractivity (Wildman–Crippen MR) is 80.1 cm³/mol. The molecule has 0 spiro atoms. The number of methoxy groups -OCH3 is 1. The van der Waals surface area contributed by atoms with Gasteiger partial charge in [0, 0.05) is 15.2 Å². The molecule has 104 valence electrons. The van der Waals surface area contributed by atoms with Gasteiger partial charge in [0.25, 0.3) is 5.91 Å². The van der Waals surface area contributed by atoms with Gasteiger partial charge < -0.3 is 10.1 Å². The molecule has 0 heterocycles. The van der Waals surface area contributed by atoms with Crippen LogP contribution in [0.3, 0.4) is 0 Å². The van der Waals surface area contributed by atoms with Crippen molar-refractivity contribution in [1.82, 2.24) is 0 Å². The molecule has 2 aromatic carbocycles. The van der Waals surface area contributed by atoms with Crippen LogP contribution in [0.5, 0.6) is 5.75 Å². The van der Waals surface area contributed by atoms with E-state index >= 15 is 0 Å². The fourth-order valence-corrected chi connectivity index (χ4v) is 2.28. The predicted octanol–water partition coefficient (Wildman–Crippen LogP) is 4.50. The Bertz CT molecular complexity index is 643. The molecule has 0 aromatic heterocycles. The van der Waals surface area contributed by atoms with Crippen LogP contribution in [-0.2, 0) is 0 Å². The molecule has 0 fully saturated rings. The smallest absolute Gasteiger partial charge is 0.256 e. The van der Waals surface area contributed by atoms with Gasteiger partial charge in [0.2, 0.25) is 0 Å². The highest BCUT2D eigenvalue weighted by Crippen LogP contribution is 2.24. The molecule has 0 atom stereocenters. The first-order valence-corrected chi connectivity index (χ1v) is 6.77. The second-order valence-electron chi connectivity index (χ2n) is 3.96.